The fourth-order valence-corrected chi connectivity index (χ4v) is 2.64. The molecule has 1 aromatic carbocycles. The van der Waals surface area contributed by atoms with E-state index in [2.05, 4.69) is 24.3 Å². The van der Waals surface area contributed by atoms with Crippen LogP contribution in [0.5, 0.6) is 0 Å². The third-order valence-electron chi connectivity index (χ3n) is 4.26. The molecule has 1 N–H and O–H groups in total. The Labute approximate surface area is 117 Å². The van der Waals surface area contributed by atoms with Gasteiger partial charge in [-0.25, -0.2) is 0 Å². The van der Waals surface area contributed by atoms with Crippen LogP contribution in [-0.4, -0.2) is 36.0 Å². The molecular weight excluding hydrogens is 261 g/mol. The van der Waals surface area contributed by atoms with Crippen molar-refractivity contribution in [3.05, 3.63) is 39.7 Å². The highest BCUT2D eigenvalue weighted by Crippen LogP contribution is 2.35. The van der Waals surface area contributed by atoms with Gasteiger partial charge < -0.3 is 10.2 Å². The maximum Gasteiger partial charge on any atom is 0.305 e. The molecule has 0 saturated heterocycles. The van der Waals surface area contributed by atoms with E-state index in [4.69, 9.17) is 0 Å². The zero-order valence-corrected chi connectivity index (χ0v) is 11.9. The first-order valence-electron chi connectivity index (χ1n) is 6.76. The number of benzene rings is 1. The average molecular weight is 281 g/mol. The number of nitrogens with zero attached hydrogens (tertiary/aromatic N) is 2. The van der Waals surface area contributed by atoms with Crippen LogP contribution < -0.4 is 5.32 Å². The Kier molecular flexibility index (Phi) is 4.35. The number of nitro groups is 1. The molecule has 0 heterocycles. The first-order valence-corrected chi connectivity index (χ1v) is 6.76. The molecule has 1 aliphatic carbocycles. The predicted molar refractivity (Wildman–Crippen MR) is 75.0 cm³/mol. The molecule has 2 rings (SSSR count). The summed E-state index contributed by atoms with van der Waals surface area (Å²) >= 11 is 0. The van der Waals surface area contributed by atoms with E-state index in [9.17, 15) is 14.5 Å². The van der Waals surface area contributed by atoms with E-state index in [0.717, 1.165) is 19.4 Å². The van der Waals surface area contributed by atoms with Crippen LogP contribution in [0.2, 0.25) is 0 Å². The van der Waals surface area contributed by atoms with Crippen LogP contribution in [0.4, 0.5) is 10.1 Å². The van der Waals surface area contributed by atoms with Crippen LogP contribution in [0.3, 0.4) is 0 Å². The second-order valence-electron chi connectivity index (χ2n) is 5.58. The number of hydrogen-bond acceptors (Lipinski definition) is 4. The van der Waals surface area contributed by atoms with E-state index in [1.165, 1.54) is 18.6 Å². The molecule has 0 bridgehead atoms. The Hall–Kier alpha value is -1.53. The molecule has 0 aromatic heterocycles. The van der Waals surface area contributed by atoms with Crippen molar-refractivity contribution in [2.75, 3.05) is 20.6 Å². The summed E-state index contributed by atoms with van der Waals surface area (Å²) in [6.45, 7) is 1.07. The third-order valence-corrected chi connectivity index (χ3v) is 4.26. The molecule has 0 unspecified atom stereocenters. The van der Waals surface area contributed by atoms with Gasteiger partial charge in [0.15, 0.2) is 0 Å². The fraction of sp³-hybridized carbons (Fsp3) is 0.571. The summed E-state index contributed by atoms with van der Waals surface area (Å²) in [5, 5.41) is 13.9. The molecule has 1 saturated carbocycles. The molecule has 0 amide bonds. The van der Waals surface area contributed by atoms with Gasteiger partial charge in [-0.3, -0.25) is 10.1 Å². The predicted octanol–water partition coefficient (Wildman–Crippen LogP) is 2.31. The maximum absolute atomic E-state index is 13.9. The van der Waals surface area contributed by atoms with Crippen LogP contribution in [0.25, 0.3) is 0 Å². The number of nitrogens with one attached hydrogen (secondary N) is 1. The summed E-state index contributed by atoms with van der Waals surface area (Å²) in [6, 6.07) is 4.29. The van der Waals surface area contributed by atoms with Crippen molar-refractivity contribution in [3.8, 4) is 0 Å². The van der Waals surface area contributed by atoms with E-state index in [1.54, 1.807) is 6.07 Å². The number of halogens is 1. The number of rotatable bonds is 6. The molecule has 0 radical (unpaired) electrons. The van der Waals surface area contributed by atoms with Crippen LogP contribution in [0.1, 0.15) is 24.8 Å². The largest absolute Gasteiger partial charge is 0.311 e. The van der Waals surface area contributed by atoms with Gasteiger partial charge in [-0.15, -0.1) is 0 Å². The zero-order chi connectivity index (χ0) is 14.8. The summed E-state index contributed by atoms with van der Waals surface area (Å²) in [5.74, 6) is -0.738. The summed E-state index contributed by atoms with van der Waals surface area (Å²) in [7, 11) is 4.10. The lowest BCUT2D eigenvalue weighted by molar-refractivity contribution is -0.387. The Bertz CT molecular complexity index is 501. The van der Waals surface area contributed by atoms with Crippen molar-refractivity contribution < 1.29 is 9.31 Å². The number of hydrogen-bond donors (Lipinski definition) is 1. The monoisotopic (exact) mass is 281 g/mol. The minimum atomic E-state index is -0.738. The highest BCUT2D eigenvalue weighted by molar-refractivity contribution is 5.36. The molecule has 1 aliphatic rings. The average Bonchev–Trinajstić information content (AvgIpc) is 2.33. The first kappa shape index (κ1) is 14.9. The molecule has 5 nitrogen and oxygen atoms in total. The van der Waals surface area contributed by atoms with Gasteiger partial charge in [0.05, 0.1) is 4.92 Å². The molecule has 6 heteroatoms. The Morgan fingerprint density at radius 3 is 2.65 bits per heavy atom. The van der Waals surface area contributed by atoms with E-state index in [-0.39, 0.29) is 5.54 Å². The Balaban J connectivity index is 1.98. The van der Waals surface area contributed by atoms with Gasteiger partial charge >= 0.3 is 5.69 Å². The van der Waals surface area contributed by atoms with Crippen molar-refractivity contribution in [1.29, 1.82) is 0 Å². The Morgan fingerprint density at radius 2 is 2.15 bits per heavy atom. The topological polar surface area (TPSA) is 58.4 Å². The molecule has 0 atom stereocenters. The van der Waals surface area contributed by atoms with Gasteiger partial charge in [0.2, 0.25) is 5.82 Å². The van der Waals surface area contributed by atoms with Gasteiger partial charge in [0.1, 0.15) is 0 Å². The molecule has 110 valence electrons. The third kappa shape index (κ3) is 2.81. The number of nitro benzene ring substituents is 1. The molecule has 0 spiro atoms. The summed E-state index contributed by atoms with van der Waals surface area (Å²) in [6.07, 6.45) is 3.47. The standard InChI is InChI=1S/C14H20FN3O2/c1-17(2)14(7-4-8-14)10-16-9-11-5-3-6-12(13(11)15)18(19)20/h3,5-6,16H,4,7-10H2,1-2H3. The van der Waals surface area contributed by atoms with Crippen LogP contribution in [-0.2, 0) is 6.54 Å². The molecular formula is C14H20FN3O2. The van der Waals surface area contributed by atoms with Crippen molar-refractivity contribution in [2.45, 2.75) is 31.3 Å². The molecule has 1 aromatic rings. The number of likely N-dealkylation sites (N-methyl/N-ethyl adjacent to an activating group) is 1. The van der Waals surface area contributed by atoms with Gasteiger partial charge in [0, 0.05) is 30.3 Å². The second kappa shape index (κ2) is 5.85. The second-order valence-corrected chi connectivity index (χ2v) is 5.58. The van der Waals surface area contributed by atoms with Gasteiger partial charge in [-0.1, -0.05) is 12.1 Å². The molecule has 0 aliphatic heterocycles. The van der Waals surface area contributed by atoms with Crippen molar-refractivity contribution in [3.63, 3.8) is 0 Å². The molecule has 20 heavy (non-hydrogen) atoms. The summed E-state index contributed by atoms with van der Waals surface area (Å²) in [4.78, 5) is 12.2. The smallest absolute Gasteiger partial charge is 0.305 e. The summed E-state index contributed by atoms with van der Waals surface area (Å²) in [5.41, 5.74) is 0.0275. The first-order chi connectivity index (χ1) is 9.46. The van der Waals surface area contributed by atoms with Gasteiger partial charge in [0.25, 0.3) is 0 Å². The van der Waals surface area contributed by atoms with Crippen molar-refractivity contribution in [2.24, 2.45) is 0 Å². The van der Waals surface area contributed by atoms with E-state index in [1.807, 2.05) is 0 Å². The van der Waals surface area contributed by atoms with Crippen LogP contribution in [0.15, 0.2) is 18.2 Å². The molecule has 1 fully saturated rings. The normalized spacial score (nSPS) is 17.0. The van der Waals surface area contributed by atoms with Crippen molar-refractivity contribution >= 4 is 5.69 Å². The minimum absolute atomic E-state index is 0.150. The maximum atomic E-state index is 13.9. The lowest BCUT2D eigenvalue weighted by atomic mass is 9.75. The fourth-order valence-electron chi connectivity index (χ4n) is 2.64. The highest BCUT2D eigenvalue weighted by atomic mass is 19.1. The lowest BCUT2D eigenvalue weighted by Crippen LogP contribution is -2.56. The lowest BCUT2D eigenvalue weighted by Gasteiger charge is -2.47. The van der Waals surface area contributed by atoms with Crippen LogP contribution in [0, 0.1) is 15.9 Å². The SMILES string of the molecule is CN(C)C1(CNCc2cccc([N+](=O)[O-])c2F)CCC1. The van der Waals surface area contributed by atoms with Gasteiger partial charge in [-0.2, -0.15) is 4.39 Å². The van der Waals surface area contributed by atoms with E-state index < -0.39 is 16.4 Å². The highest BCUT2D eigenvalue weighted by Gasteiger charge is 2.38. The summed E-state index contributed by atoms with van der Waals surface area (Å²) < 4.78 is 13.9. The van der Waals surface area contributed by atoms with E-state index in [0.29, 0.717) is 12.1 Å². The van der Waals surface area contributed by atoms with Crippen LogP contribution >= 0.6 is 0 Å². The van der Waals surface area contributed by atoms with Crippen molar-refractivity contribution in [1.82, 2.24) is 10.2 Å². The van der Waals surface area contributed by atoms with E-state index >= 15 is 0 Å². The quantitative estimate of drug-likeness (QED) is 0.642. The Morgan fingerprint density at radius 1 is 1.45 bits per heavy atom. The van der Waals surface area contributed by atoms with Gasteiger partial charge in [-0.05, 0) is 33.4 Å². The zero-order valence-electron chi connectivity index (χ0n) is 11.9. The minimum Gasteiger partial charge on any atom is -0.311 e.